The molecule has 1 fully saturated rings. The Labute approximate surface area is 109 Å². The van der Waals surface area contributed by atoms with Gasteiger partial charge in [-0.2, -0.15) is 0 Å². The molecule has 0 amide bonds. The van der Waals surface area contributed by atoms with E-state index in [9.17, 15) is 0 Å². The van der Waals surface area contributed by atoms with Crippen LogP contribution in [0.2, 0.25) is 0 Å². The van der Waals surface area contributed by atoms with Crippen molar-refractivity contribution in [1.29, 1.82) is 0 Å². The normalized spacial score (nSPS) is 16.9. The predicted molar refractivity (Wildman–Crippen MR) is 75.6 cm³/mol. The number of nitrogens with two attached hydrogens (primary N) is 1. The van der Waals surface area contributed by atoms with Crippen molar-refractivity contribution >= 4 is 11.6 Å². The third-order valence-corrected chi connectivity index (χ3v) is 3.66. The fraction of sp³-hybridized carbons (Fsp3) is 0.714. The highest BCUT2D eigenvalue weighted by Gasteiger charge is 2.41. The van der Waals surface area contributed by atoms with Gasteiger partial charge in [0.2, 0.25) is 0 Å². The number of anilines is 2. The van der Waals surface area contributed by atoms with Crippen molar-refractivity contribution in [3.63, 3.8) is 0 Å². The van der Waals surface area contributed by atoms with E-state index >= 15 is 0 Å². The molecule has 1 aromatic heterocycles. The monoisotopic (exact) mass is 248 g/mol. The maximum atomic E-state index is 5.82. The van der Waals surface area contributed by atoms with Gasteiger partial charge in [-0.25, -0.2) is 9.97 Å². The molecule has 0 aliphatic heterocycles. The molecule has 4 nitrogen and oxygen atoms in total. The van der Waals surface area contributed by atoms with Gasteiger partial charge in [0.1, 0.15) is 17.5 Å². The van der Waals surface area contributed by atoms with E-state index in [0.717, 1.165) is 18.2 Å². The number of hydrogen-bond acceptors (Lipinski definition) is 4. The van der Waals surface area contributed by atoms with E-state index in [2.05, 4.69) is 36.1 Å². The lowest BCUT2D eigenvalue weighted by atomic mass is 10.0. The van der Waals surface area contributed by atoms with Gasteiger partial charge in [-0.15, -0.1) is 0 Å². The molecule has 0 atom stereocenters. The fourth-order valence-corrected chi connectivity index (χ4v) is 2.33. The lowest BCUT2D eigenvalue weighted by molar-refractivity contribution is 0.485. The molecule has 0 saturated heterocycles. The van der Waals surface area contributed by atoms with E-state index in [-0.39, 0.29) is 0 Å². The van der Waals surface area contributed by atoms with Crippen molar-refractivity contribution in [3.8, 4) is 0 Å². The largest absolute Gasteiger partial charge is 0.384 e. The highest BCUT2D eigenvalue weighted by atomic mass is 15.1. The molecule has 1 heterocycles. The Morgan fingerprint density at radius 3 is 2.67 bits per heavy atom. The molecule has 1 aliphatic rings. The number of nitrogens with zero attached hydrogens (tertiary/aromatic N) is 2. The highest BCUT2D eigenvalue weighted by Crippen LogP contribution is 2.49. The van der Waals surface area contributed by atoms with Crippen LogP contribution >= 0.6 is 0 Å². The first kappa shape index (κ1) is 13.1. The van der Waals surface area contributed by atoms with Crippen LogP contribution in [0.5, 0.6) is 0 Å². The van der Waals surface area contributed by atoms with Crippen molar-refractivity contribution in [1.82, 2.24) is 9.97 Å². The van der Waals surface area contributed by atoms with E-state index in [0.29, 0.717) is 17.2 Å². The smallest absolute Gasteiger partial charge is 0.135 e. The topological polar surface area (TPSA) is 63.8 Å². The maximum absolute atomic E-state index is 5.82. The summed E-state index contributed by atoms with van der Waals surface area (Å²) < 4.78 is 0. The molecule has 4 heteroatoms. The Balaban J connectivity index is 2.01. The fourth-order valence-electron chi connectivity index (χ4n) is 2.33. The molecule has 0 bridgehead atoms. The van der Waals surface area contributed by atoms with Crippen LogP contribution in [0.15, 0.2) is 6.07 Å². The molecule has 1 aromatic rings. The number of hydrogen-bond donors (Lipinski definition) is 2. The number of nitrogens with one attached hydrogen (secondary N) is 1. The van der Waals surface area contributed by atoms with Crippen LogP contribution in [0.4, 0.5) is 11.6 Å². The first-order valence-corrected chi connectivity index (χ1v) is 6.93. The van der Waals surface area contributed by atoms with E-state index in [1.54, 1.807) is 0 Å². The molecular formula is C14H24N4. The van der Waals surface area contributed by atoms with Crippen LogP contribution in [-0.2, 0) is 0 Å². The first-order valence-electron chi connectivity index (χ1n) is 6.93. The lowest BCUT2D eigenvalue weighted by Gasteiger charge is -2.16. The molecule has 3 N–H and O–H groups in total. The summed E-state index contributed by atoms with van der Waals surface area (Å²) in [4.78, 5) is 8.78. The molecule has 0 spiro atoms. The van der Waals surface area contributed by atoms with Gasteiger partial charge in [0, 0.05) is 18.5 Å². The molecule has 0 aromatic carbocycles. The molecule has 2 rings (SSSR count). The predicted octanol–water partition coefficient (Wildman–Crippen LogP) is 3.17. The average Bonchev–Trinajstić information content (AvgIpc) is 3.07. The molecular weight excluding hydrogens is 224 g/mol. The van der Waals surface area contributed by atoms with Crippen LogP contribution in [0.3, 0.4) is 0 Å². The SMILES string of the molecule is CCCC1(CNc2cc(N)nc(C(C)C)n2)CC1. The Morgan fingerprint density at radius 1 is 1.39 bits per heavy atom. The summed E-state index contributed by atoms with van der Waals surface area (Å²) in [5, 5.41) is 3.44. The van der Waals surface area contributed by atoms with Gasteiger partial charge in [-0.3, -0.25) is 0 Å². The summed E-state index contributed by atoms with van der Waals surface area (Å²) in [6.07, 6.45) is 5.24. The minimum Gasteiger partial charge on any atom is -0.384 e. The third kappa shape index (κ3) is 3.12. The van der Waals surface area contributed by atoms with Crippen molar-refractivity contribution < 1.29 is 0 Å². The van der Waals surface area contributed by atoms with Crippen LogP contribution in [0.1, 0.15) is 58.2 Å². The second-order valence-corrected chi connectivity index (χ2v) is 5.79. The molecule has 0 unspecified atom stereocenters. The highest BCUT2D eigenvalue weighted by molar-refractivity contribution is 5.45. The zero-order valence-electron chi connectivity index (χ0n) is 11.7. The number of nitrogen functional groups attached to an aromatic ring is 1. The van der Waals surface area contributed by atoms with Gasteiger partial charge in [0.05, 0.1) is 0 Å². The first-order chi connectivity index (χ1) is 8.54. The van der Waals surface area contributed by atoms with E-state index < -0.39 is 0 Å². The van der Waals surface area contributed by atoms with Gasteiger partial charge >= 0.3 is 0 Å². The molecule has 0 radical (unpaired) electrons. The Bertz CT molecular complexity index is 410. The van der Waals surface area contributed by atoms with Crippen molar-refractivity contribution in [3.05, 3.63) is 11.9 Å². The van der Waals surface area contributed by atoms with Crippen LogP contribution < -0.4 is 11.1 Å². The van der Waals surface area contributed by atoms with Gasteiger partial charge in [-0.1, -0.05) is 27.2 Å². The van der Waals surface area contributed by atoms with Crippen molar-refractivity contribution in [2.24, 2.45) is 5.41 Å². The van der Waals surface area contributed by atoms with Gasteiger partial charge < -0.3 is 11.1 Å². The zero-order valence-corrected chi connectivity index (χ0v) is 11.7. The quantitative estimate of drug-likeness (QED) is 0.811. The summed E-state index contributed by atoms with van der Waals surface area (Å²) in [6, 6.07) is 1.83. The minimum atomic E-state index is 0.305. The van der Waals surface area contributed by atoms with E-state index in [1.165, 1.54) is 25.7 Å². The standard InChI is InChI=1S/C14H24N4/c1-4-5-14(6-7-14)9-16-12-8-11(15)17-13(18-12)10(2)3/h8,10H,4-7,9H2,1-3H3,(H3,15,16,17,18). The van der Waals surface area contributed by atoms with Crippen LogP contribution in [0.25, 0.3) is 0 Å². The van der Waals surface area contributed by atoms with Gasteiger partial charge in [0.25, 0.3) is 0 Å². The van der Waals surface area contributed by atoms with E-state index in [1.807, 2.05) is 6.07 Å². The second-order valence-electron chi connectivity index (χ2n) is 5.79. The summed E-state index contributed by atoms with van der Waals surface area (Å²) in [5.74, 6) is 2.54. The number of aromatic nitrogens is 2. The second kappa shape index (κ2) is 5.12. The Morgan fingerprint density at radius 2 is 2.11 bits per heavy atom. The molecule has 1 saturated carbocycles. The van der Waals surface area contributed by atoms with Gasteiger partial charge in [0.15, 0.2) is 0 Å². The maximum Gasteiger partial charge on any atom is 0.135 e. The zero-order chi connectivity index (χ0) is 13.2. The van der Waals surface area contributed by atoms with Crippen LogP contribution in [-0.4, -0.2) is 16.5 Å². The minimum absolute atomic E-state index is 0.305. The van der Waals surface area contributed by atoms with Gasteiger partial charge in [-0.05, 0) is 24.7 Å². The van der Waals surface area contributed by atoms with E-state index in [4.69, 9.17) is 5.73 Å². The summed E-state index contributed by atoms with van der Waals surface area (Å²) in [5.41, 5.74) is 6.34. The third-order valence-electron chi connectivity index (χ3n) is 3.66. The Kier molecular flexibility index (Phi) is 3.73. The Hall–Kier alpha value is -1.32. The number of rotatable bonds is 6. The van der Waals surface area contributed by atoms with Crippen molar-refractivity contribution in [2.75, 3.05) is 17.6 Å². The molecule has 18 heavy (non-hydrogen) atoms. The lowest BCUT2D eigenvalue weighted by Crippen LogP contribution is -2.17. The summed E-state index contributed by atoms with van der Waals surface area (Å²) in [6.45, 7) is 7.42. The summed E-state index contributed by atoms with van der Waals surface area (Å²) in [7, 11) is 0. The van der Waals surface area contributed by atoms with Crippen LogP contribution in [0, 0.1) is 5.41 Å². The average molecular weight is 248 g/mol. The molecule has 1 aliphatic carbocycles. The van der Waals surface area contributed by atoms with Crippen molar-refractivity contribution in [2.45, 2.75) is 52.4 Å². The molecule has 100 valence electrons. The summed E-state index contributed by atoms with van der Waals surface area (Å²) >= 11 is 0.